The number of anilines is 1. The number of nitrogens with one attached hydrogen (secondary N) is 1. The van der Waals surface area contributed by atoms with E-state index in [-0.39, 0.29) is 11.7 Å². The molecule has 2 aromatic rings. The maximum atomic E-state index is 11.9. The molecule has 0 aliphatic heterocycles. The molecular weight excluding hydrogens is 266 g/mol. The number of amides is 1. The Kier molecular flexibility index (Phi) is 3.92. The molecule has 0 fully saturated rings. The van der Waals surface area contributed by atoms with Crippen LogP contribution in [0.3, 0.4) is 0 Å². The fourth-order valence-corrected chi connectivity index (χ4v) is 1.70. The number of aromatic hydroxyl groups is 1. The van der Waals surface area contributed by atoms with Gasteiger partial charge < -0.3 is 15.2 Å². The van der Waals surface area contributed by atoms with Gasteiger partial charge >= 0.3 is 0 Å². The van der Waals surface area contributed by atoms with E-state index in [1.54, 1.807) is 36.4 Å². The highest BCUT2D eigenvalue weighted by Crippen LogP contribution is 2.28. The molecule has 0 spiro atoms. The van der Waals surface area contributed by atoms with Crippen LogP contribution < -0.4 is 10.1 Å². The molecule has 2 rings (SSSR count). The molecule has 19 heavy (non-hydrogen) atoms. The highest BCUT2D eigenvalue weighted by atomic mass is 35.5. The summed E-state index contributed by atoms with van der Waals surface area (Å²) in [7, 11) is 1.46. The lowest BCUT2D eigenvalue weighted by Crippen LogP contribution is -2.11. The minimum Gasteiger partial charge on any atom is -0.504 e. The van der Waals surface area contributed by atoms with E-state index in [2.05, 4.69) is 5.32 Å². The zero-order valence-electron chi connectivity index (χ0n) is 10.2. The SMILES string of the molecule is COc1ccc(NC(=O)c2ccc(Cl)cc2)cc1O. The lowest BCUT2D eigenvalue weighted by Gasteiger charge is -2.08. The molecule has 0 saturated carbocycles. The maximum absolute atomic E-state index is 11.9. The Morgan fingerprint density at radius 3 is 2.47 bits per heavy atom. The van der Waals surface area contributed by atoms with Gasteiger partial charge in [0, 0.05) is 22.3 Å². The summed E-state index contributed by atoms with van der Waals surface area (Å²) >= 11 is 5.75. The number of halogens is 1. The molecule has 0 aromatic heterocycles. The Labute approximate surface area is 115 Å². The standard InChI is InChI=1S/C14H12ClNO3/c1-19-13-7-6-11(8-12(13)17)16-14(18)9-2-4-10(15)5-3-9/h2-8,17H,1H3,(H,16,18). The molecule has 0 heterocycles. The number of ether oxygens (including phenoxy) is 1. The van der Waals surface area contributed by atoms with E-state index in [0.29, 0.717) is 22.0 Å². The fourth-order valence-electron chi connectivity index (χ4n) is 1.57. The number of rotatable bonds is 3. The van der Waals surface area contributed by atoms with E-state index < -0.39 is 0 Å². The molecule has 4 nitrogen and oxygen atoms in total. The Morgan fingerprint density at radius 2 is 1.89 bits per heavy atom. The van der Waals surface area contributed by atoms with Crippen molar-refractivity contribution in [2.75, 3.05) is 12.4 Å². The van der Waals surface area contributed by atoms with E-state index in [1.165, 1.54) is 13.2 Å². The van der Waals surface area contributed by atoms with E-state index in [4.69, 9.17) is 16.3 Å². The van der Waals surface area contributed by atoms with Crippen molar-refractivity contribution in [2.45, 2.75) is 0 Å². The van der Waals surface area contributed by atoms with Gasteiger partial charge in [0.25, 0.3) is 5.91 Å². The van der Waals surface area contributed by atoms with Crippen LogP contribution in [-0.2, 0) is 0 Å². The van der Waals surface area contributed by atoms with Gasteiger partial charge in [-0.2, -0.15) is 0 Å². The Balaban J connectivity index is 2.14. The van der Waals surface area contributed by atoms with Gasteiger partial charge in [0.1, 0.15) is 0 Å². The van der Waals surface area contributed by atoms with Crippen molar-refractivity contribution in [3.05, 3.63) is 53.1 Å². The first kappa shape index (κ1) is 13.2. The third-order valence-corrected chi connectivity index (χ3v) is 2.80. The second-order valence-corrected chi connectivity index (χ2v) is 4.28. The van der Waals surface area contributed by atoms with Crippen LogP contribution in [0.15, 0.2) is 42.5 Å². The number of carbonyl (C=O) groups is 1. The monoisotopic (exact) mass is 277 g/mol. The second kappa shape index (κ2) is 5.63. The highest BCUT2D eigenvalue weighted by molar-refractivity contribution is 6.30. The molecule has 2 N–H and O–H groups in total. The average molecular weight is 278 g/mol. The summed E-state index contributed by atoms with van der Waals surface area (Å²) in [6.07, 6.45) is 0. The van der Waals surface area contributed by atoms with Crippen LogP contribution in [0.5, 0.6) is 11.5 Å². The minimum atomic E-state index is -0.277. The third-order valence-electron chi connectivity index (χ3n) is 2.54. The van der Waals surface area contributed by atoms with Crippen molar-refractivity contribution in [1.82, 2.24) is 0 Å². The summed E-state index contributed by atoms with van der Waals surface area (Å²) in [6.45, 7) is 0. The molecule has 0 aliphatic rings. The number of hydrogen-bond donors (Lipinski definition) is 2. The van der Waals surface area contributed by atoms with Gasteiger partial charge in [-0.3, -0.25) is 4.79 Å². The van der Waals surface area contributed by atoms with Crippen molar-refractivity contribution in [1.29, 1.82) is 0 Å². The van der Waals surface area contributed by atoms with E-state index in [0.717, 1.165) is 0 Å². The first-order valence-corrected chi connectivity index (χ1v) is 5.92. The Morgan fingerprint density at radius 1 is 1.21 bits per heavy atom. The second-order valence-electron chi connectivity index (χ2n) is 3.85. The van der Waals surface area contributed by atoms with Gasteiger partial charge in [-0.05, 0) is 36.4 Å². The van der Waals surface area contributed by atoms with Crippen molar-refractivity contribution in [3.63, 3.8) is 0 Å². The highest BCUT2D eigenvalue weighted by Gasteiger charge is 2.08. The third kappa shape index (κ3) is 3.17. The van der Waals surface area contributed by atoms with Crippen LogP contribution >= 0.6 is 11.6 Å². The van der Waals surface area contributed by atoms with Crippen LogP contribution in [0.2, 0.25) is 5.02 Å². The summed E-state index contributed by atoms with van der Waals surface area (Å²) in [5, 5.41) is 12.9. The summed E-state index contributed by atoms with van der Waals surface area (Å²) < 4.78 is 4.93. The van der Waals surface area contributed by atoms with Gasteiger partial charge in [0.2, 0.25) is 0 Å². The summed E-state index contributed by atoms with van der Waals surface area (Å²) in [5.41, 5.74) is 0.970. The van der Waals surface area contributed by atoms with Crippen molar-refractivity contribution in [2.24, 2.45) is 0 Å². The normalized spacial score (nSPS) is 10.0. The number of hydrogen-bond acceptors (Lipinski definition) is 3. The van der Waals surface area contributed by atoms with Gasteiger partial charge in [-0.25, -0.2) is 0 Å². The van der Waals surface area contributed by atoms with Crippen LogP contribution in [0.4, 0.5) is 5.69 Å². The minimum absolute atomic E-state index is 0.0311. The van der Waals surface area contributed by atoms with Crippen LogP contribution in [0.1, 0.15) is 10.4 Å². The average Bonchev–Trinajstić information content (AvgIpc) is 2.39. The molecule has 0 saturated heterocycles. The molecule has 1 amide bonds. The number of carbonyl (C=O) groups excluding carboxylic acids is 1. The zero-order chi connectivity index (χ0) is 13.8. The quantitative estimate of drug-likeness (QED) is 0.905. The van der Waals surface area contributed by atoms with Crippen LogP contribution in [0, 0.1) is 0 Å². The first-order valence-electron chi connectivity index (χ1n) is 5.54. The zero-order valence-corrected chi connectivity index (χ0v) is 10.9. The first-order chi connectivity index (χ1) is 9.10. The van der Waals surface area contributed by atoms with Gasteiger partial charge in [-0.1, -0.05) is 11.6 Å². The molecule has 98 valence electrons. The molecule has 0 unspecified atom stereocenters. The molecule has 0 radical (unpaired) electrons. The molecule has 0 bridgehead atoms. The topological polar surface area (TPSA) is 58.6 Å². The number of benzene rings is 2. The van der Waals surface area contributed by atoms with Gasteiger partial charge in [0.15, 0.2) is 11.5 Å². The smallest absolute Gasteiger partial charge is 0.255 e. The van der Waals surface area contributed by atoms with Crippen LogP contribution in [0.25, 0.3) is 0 Å². The van der Waals surface area contributed by atoms with Crippen molar-refractivity contribution < 1.29 is 14.6 Å². The number of phenolic OH excluding ortho intramolecular Hbond substituents is 1. The number of phenols is 1. The van der Waals surface area contributed by atoms with Crippen LogP contribution in [-0.4, -0.2) is 18.1 Å². The Bertz CT molecular complexity index is 596. The molecular formula is C14H12ClNO3. The van der Waals surface area contributed by atoms with Gasteiger partial charge in [0.05, 0.1) is 7.11 Å². The van der Waals surface area contributed by atoms with Crippen molar-refractivity contribution in [3.8, 4) is 11.5 Å². The summed E-state index contributed by atoms with van der Waals surface area (Å²) in [5.74, 6) is 0.0436. The summed E-state index contributed by atoms with van der Waals surface area (Å²) in [4.78, 5) is 11.9. The molecule has 0 atom stereocenters. The van der Waals surface area contributed by atoms with E-state index >= 15 is 0 Å². The predicted molar refractivity (Wildman–Crippen MR) is 74.1 cm³/mol. The maximum Gasteiger partial charge on any atom is 0.255 e. The lowest BCUT2D eigenvalue weighted by molar-refractivity contribution is 0.102. The predicted octanol–water partition coefficient (Wildman–Crippen LogP) is 3.31. The Hall–Kier alpha value is -2.20. The number of methoxy groups -OCH3 is 1. The van der Waals surface area contributed by atoms with E-state index in [1.807, 2.05) is 0 Å². The summed E-state index contributed by atoms with van der Waals surface area (Å²) in [6, 6.07) is 11.2. The molecule has 0 aliphatic carbocycles. The fraction of sp³-hybridized carbons (Fsp3) is 0.0714. The van der Waals surface area contributed by atoms with Crippen molar-refractivity contribution >= 4 is 23.2 Å². The van der Waals surface area contributed by atoms with Gasteiger partial charge in [-0.15, -0.1) is 0 Å². The lowest BCUT2D eigenvalue weighted by atomic mass is 10.2. The largest absolute Gasteiger partial charge is 0.504 e. The van der Waals surface area contributed by atoms with E-state index in [9.17, 15) is 9.90 Å². The molecule has 2 aromatic carbocycles. The molecule has 5 heteroatoms.